The fourth-order valence-electron chi connectivity index (χ4n) is 4.91. The number of benzene rings is 4. The molecule has 37 heavy (non-hydrogen) atoms. The molecule has 0 aromatic heterocycles. The van der Waals surface area contributed by atoms with Crippen molar-refractivity contribution in [3.63, 3.8) is 0 Å². The van der Waals surface area contributed by atoms with Crippen LogP contribution in [-0.2, 0) is 9.53 Å². The summed E-state index contributed by atoms with van der Waals surface area (Å²) in [5.41, 5.74) is 5.58. The molecule has 1 heterocycles. The average Bonchev–Trinajstić information content (AvgIpc) is 2.94. The van der Waals surface area contributed by atoms with Crippen molar-refractivity contribution in [2.24, 2.45) is 0 Å². The van der Waals surface area contributed by atoms with E-state index in [9.17, 15) is 4.79 Å². The quantitative estimate of drug-likeness (QED) is 0.220. The second kappa shape index (κ2) is 11.4. The van der Waals surface area contributed by atoms with E-state index in [0.29, 0.717) is 12.0 Å². The highest BCUT2D eigenvalue weighted by molar-refractivity contribution is 9.10. The van der Waals surface area contributed by atoms with Gasteiger partial charge in [-0.25, -0.2) is 4.79 Å². The molecule has 0 spiro atoms. The minimum atomic E-state index is -0.369. The molecule has 4 nitrogen and oxygen atoms in total. The first-order valence-electron chi connectivity index (χ1n) is 12.0. The molecular weight excluding hydrogens is 592 g/mol. The van der Waals surface area contributed by atoms with Crippen LogP contribution in [0.1, 0.15) is 29.6 Å². The van der Waals surface area contributed by atoms with Gasteiger partial charge < -0.3 is 15.0 Å². The number of halogens is 2. The molecule has 2 unspecified atom stereocenters. The Morgan fingerprint density at radius 1 is 0.784 bits per heavy atom. The first kappa shape index (κ1) is 25.3. The highest BCUT2D eigenvalue weighted by Crippen LogP contribution is 2.48. The average molecular weight is 618 g/mol. The summed E-state index contributed by atoms with van der Waals surface area (Å²) in [4.78, 5) is 15.9. The maximum absolute atomic E-state index is 13.5. The molecule has 0 radical (unpaired) electrons. The van der Waals surface area contributed by atoms with Crippen molar-refractivity contribution in [2.75, 3.05) is 17.3 Å². The van der Waals surface area contributed by atoms with Gasteiger partial charge in [0.15, 0.2) is 0 Å². The van der Waals surface area contributed by atoms with Crippen LogP contribution in [0.25, 0.3) is 0 Å². The van der Waals surface area contributed by atoms with Gasteiger partial charge in [0, 0.05) is 32.4 Å². The van der Waals surface area contributed by atoms with Crippen molar-refractivity contribution < 1.29 is 9.53 Å². The summed E-state index contributed by atoms with van der Waals surface area (Å²) in [7, 11) is 1.45. The van der Waals surface area contributed by atoms with Crippen LogP contribution >= 0.6 is 31.9 Å². The van der Waals surface area contributed by atoms with Gasteiger partial charge in [-0.05, 0) is 59.7 Å². The van der Waals surface area contributed by atoms with Crippen LogP contribution in [0, 0.1) is 0 Å². The van der Waals surface area contributed by atoms with Crippen LogP contribution in [-0.4, -0.2) is 13.1 Å². The number of hydrogen-bond donors (Lipinski definition) is 1. The lowest BCUT2D eigenvalue weighted by Crippen LogP contribution is -2.41. The van der Waals surface area contributed by atoms with Crippen LogP contribution in [0.2, 0.25) is 0 Å². The molecule has 5 rings (SSSR count). The Bertz CT molecular complexity index is 1390. The summed E-state index contributed by atoms with van der Waals surface area (Å²) in [5, 5.41) is 3.58. The number of rotatable bonds is 6. The highest BCUT2D eigenvalue weighted by Gasteiger charge is 2.41. The normalized spacial score (nSPS) is 17.4. The number of methoxy groups -OCH3 is 1. The van der Waals surface area contributed by atoms with E-state index in [1.807, 2.05) is 60.7 Å². The van der Waals surface area contributed by atoms with Gasteiger partial charge in [0.2, 0.25) is 0 Å². The van der Waals surface area contributed by atoms with Crippen molar-refractivity contribution in [1.29, 1.82) is 0 Å². The third-order valence-electron chi connectivity index (χ3n) is 6.58. The predicted octanol–water partition coefficient (Wildman–Crippen LogP) is 8.44. The van der Waals surface area contributed by atoms with Crippen molar-refractivity contribution in [2.45, 2.75) is 18.5 Å². The van der Waals surface area contributed by atoms with Gasteiger partial charge in [0.1, 0.15) is 0 Å². The summed E-state index contributed by atoms with van der Waals surface area (Å²) >= 11 is 7.08. The second-order valence-corrected chi connectivity index (χ2v) is 10.7. The van der Waals surface area contributed by atoms with Crippen LogP contribution in [0.15, 0.2) is 129 Å². The zero-order valence-corrected chi connectivity index (χ0v) is 23.4. The number of hydrogen-bond acceptors (Lipinski definition) is 4. The van der Waals surface area contributed by atoms with Gasteiger partial charge in [-0.3, -0.25) is 0 Å². The van der Waals surface area contributed by atoms with Crippen LogP contribution in [0.5, 0.6) is 0 Å². The molecule has 1 aliphatic rings. The standard InChI is InChI=1S/C31H26Br2N2O2/c1-37-31(36)29-27(34-25-16-12-23(32)13-17-25)20-28(21-8-4-2-5-9-21)35(26-18-14-24(33)15-19-26)30(29)22-10-6-3-7-11-22/h2-19,28,30,34H,20H2,1H3. The van der Waals surface area contributed by atoms with Crippen molar-refractivity contribution in [1.82, 2.24) is 0 Å². The maximum atomic E-state index is 13.5. The molecule has 186 valence electrons. The number of nitrogens with one attached hydrogen (secondary N) is 1. The molecule has 1 N–H and O–H groups in total. The Morgan fingerprint density at radius 2 is 1.32 bits per heavy atom. The zero-order chi connectivity index (χ0) is 25.8. The Hall–Kier alpha value is -3.35. The van der Waals surface area contributed by atoms with Gasteiger partial charge in [0.05, 0.1) is 24.8 Å². The Labute approximate surface area is 234 Å². The highest BCUT2D eigenvalue weighted by atomic mass is 79.9. The molecule has 0 fully saturated rings. The van der Waals surface area contributed by atoms with E-state index in [1.54, 1.807) is 0 Å². The van der Waals surface area contributed by atoms with Gasteiger partial charge in [-0.15, -0.1) is 0 Å². The molecule has 0 bridgehead atoms. The number of anilines is 2. The van der Waals surface area contributed by atoms with Gasteiger partial charge in [0.25, 0.3) is 0 Å². The van der Waals surface area contributed by atoms with Gasteiger partial charge in [-0.1, -0.05) is 92.5 Å². The molecule has 0 saturated carbocycles. The molecular formula is C31H26Br2N2O2. The fourth-order valence-corrected chi connectivity index (χ4v) is 5.44. The Balaban J connectivity index is 1.75. The Kier molecular flexibility index (Phi) is 7.77. The molecule has 6 heteroatoms. The Morgan fingerprint density at radius 3 is 1.89 bits per heavy atom. The summed E-state index contributed by atoms with van der Waals surface area (Å²) < 4.78 is 7.39. The number of esters is 1. The van der Waals surface area contributed by atoms with E-state index < -0.39 is 0 Å². The van der Waals surface area contributed by atoms with Gasteiger partial charge in [-0.2, -0.15) is 0 Å². The number of ether oxygens (including phenoxy) is 1. The summed E-state index contributed by atoms with van der Waals surface area (Å²) in [5.74, 6) is -0.345. The van der Waals surface area contributed by atoms with E-state index in [2.05, 4.69) is 90.6 Å². The first-order chi connectivity index (χ1) is 18.0. The third-order valence-corrected chi connectivity index (χ3v) is 7.64. The van der Waals surface area contributed by atoms with Gasteiger partial charge >= 0.3 is 5.97 Å². The molecule has 0 aliphatic carbocycles. The molecule has 4 aromatic carbocycles. The second-order valence-electron chi connectivity index (χ2n) is 8.84. The topological polar surface area (TPSA) is 41.6 Å². The number of carbonyl (C=O) groups is 1. The lowest BCUT2D eigenvalue weighted by Gasteiger charge is -2.46. The fraction of sp³-hybridized carbons (Fsp3) is 0.129. The number of carbonyl (C=O) groups excluding carboxylic acids is 1. The molecule has 2 atom stereocenters. The molecule has 0 saturated heterocycles. The van der Waals surface area contributed by atoms with Crippen LogP contribution < -0.4 is 10.2 Å². The SMILES string of the molecule is COC(=O)C1=C(Nc2ccc(Br)cc2)CC(c2ccccc2)N(c2ccc(Br)cc2)C1c1ccccc1. The van der Waals surface area contributed by atoms with E-state index >= 15 is 0 Å². The lowest BCUT2D eigenvalue weighted by molar-refractivity contribution is -0.136. The largest absolute Gasteiger partial charge is 0.466 e. The molecule has 4 aromatic rings. The zero-order valence-electron chi connectivity index (χ0n) is 20.3. The lowest BCUT2D eigenvalue weighted by atomic mass is 9.84. The minimum Gasteiger partial charge on any atom is -0.466 e. The van der Waals surface area contributed by atoms with Crippen molar-refractivity contribution in [3.05, 3.63) is 141 Å². The van der Waals surface area contributed by atoms with Crippen molar-refractivity contribution >= 4 is 49.2 Å². The maximum Gasteiger partial charge on any atom is 0.337 e. The van der Waals surface area contributed by atoms with Crippen LogP contribution in [0.3, 0.4) is 0 Å². The third kappa shape index (κ3) is 5.50. The van der Waals surface area contributed by atoms with E-state index in [4.69, 9.17) is 4.74 Å². The van der Waals surface area contributed by atoms with E-state index in [0.717, 1.165) is 31.6 Å². The van der Waals surface area contributed by atoms with Crippen molar-refractivity contribution in [3.8, 4) is 0 Å². The van der Waals surface area contributed by atoms with Crippen LogP contribution in [0.4, 0.5) is 11.4 Å². The van der Waals surface area contributed by atoms with E-state index in [1.165, 1.54) is 12.7 Å². The van der Waals surface area contributed by atoms with E-state index in [-0.39, 0.29) is 18.1 Å². The molecule has 0 amide bonds. The molecule has 1 aliphatic heterocycles. The smallest absolute Gasteiger partial charge is 0.337 e. The summed E-state index contributed by atoms with van der Waals surface area (Å²) in [6.45, 7) is 0. The number of nitrogens with zero attached hydrogens (tertiary/aromatic N) is 1. The predicted molar refractivity (Wildman–Crippen MR) is 156 cm³/mol. The summed E-state index contributed by atoms with van der Waals surface area (Å²) in [6, 6.07) is 36.5. The monoisotopic (exact) mass is 616 g/mol. The first-order valence-corrected chi connectivity index (χ1v) is 13.6. The minimum absolute atomic E-state index is 0.0288. The summed E-state index contributed by atoms with van der Waals surface area (Å²) in [6.07, 6.45) is 0.601.